The summed E-state index contributed by atoms with van der Waals surface area (Å²) in [5, 5.41) is -0.498. The van der Waals surface area contributed by atoms with Crippen LogP contribution in [0.1, 0.15) is 20.8 Å². The Labute approximate surface area is 80.0 Å². The van der Waals surface area contributed by atoms with Crippen molar-refractivity contribution in [1.82, 2.24) is 0 Å². The molecule has 1 unspecified atom stereocenters. The van der Waals surface area contributed by atoms with Gasteiger partial charge in [0.15, 0.2) is 9.84 Å². The second kappa shape index (κ2) is 4.58. The van der Waals surface area contributed by atoms with Crippen molar-refractivity contribution in [3.05, 3.63) is 0 Å². The van der Waals surface area contributed by atoms with Crippen LogP contribution in [0.3, 0.4) is 0 Å². The molecule has 0 radical (unpaired) electrons. The van der Waals surface area contributed by atoms with Crippen LogP contribution in [0.4, 0.5) is 0 Å². The standard InChI is InChI=1S/C7H17O4PS/c1-5-12(8,11-4)6-13(9,10)7(2)3/h7H,5-6H2,1-4H3. The van der Waals surface area contributed by atoms with Crippen LogP contribution in [-0.4, -0.2) is 32.4 Å². The molecule has 0 aromatic carbocycles. The van der Waals surface area contributed by atoms with Gasteiger partial charge in [-0.15, -0.1) is 0 Å². The van der Waals surface area contributed by atoms with Gasteiger partial charge in [-0.3, -0.25) is 4.57 Å². The number of hydrogen-bond acceptors (Lipinski definition) is 4. The minimum atomic E-state index is -3.27. The summed E-state index contributed by atoms with van der Waals surface area (Å²) in [5.41, 5.74) is -0.343. The molecule has 0 fully saturated rings. The zero-order chi connectivity index (χ0) is 10.7. The normalized spacial score (nSPS) is 17.3. The van der Waals surface area contributed by atoms with Gasteiger partial charge in [-0.1, -0.05) is 6.92 Å². The van der Waals surface area contributed by atoms with E-state index >= 15 is 0 Å². The Balaban J connectivity index is 4.71. The van der Waals surface area contributed by atoms with Gasteiger partial charge >= 0.3 is 0 Å². The van der Waals surface area contributed by atoms with Crippen molar-refractivity contribution in [1.29, 1.82) is 0 Å². The summed E-state index contributed by atoms with van der Waals surface area (Å²) in [4.78, 5) is 0. The molecule has 0 rings (SSSR count). The Morgan fingerprint density at radius 3 is 2.08 bits per heavy atom. The Hall–Kier alpha value is 0.140. The van der Waals surface area contributed by atoms with Crippen molar-refractivity contribution in [3.63, 3.8) is 0 Å². The van der Waals surface area contributed by atoms with Crippen LogP contribution < -0.4 is 0 Å². The molecule has 0 aromatic heterocycles. The van der Waals surface area contributed by atoms with E-state index in [9.17, 15) is 13.0 Å². The third-order valence-electron chi connectivity index (χ3n) is 1.91. The zero-order valence-corrected chi connectivity index (χ0v) is 10.2. The summed E-state index contributed by atoms with van der Waals surface area (Å²) in [6, 6.07) is 0. The minimum Gasteiger partial charge on any atom is -0.331 e. The zero-order valence-electron chi connectivity index (χ0n) is 8.48. The first-order valence-corrected chi connectivity index (χ1v) is 7.84. The summed E-state index contributed by atoms with van der Waals surface area (Å²) in [5.74, 6) is 0. The van der Waals surface area contributed by atoms with Gasteiger partial charge < -0.3 is 4.52 Å². The Morgan fingerprint density at radius 1 is 1.38 bits per heavy atom. The average molecular weight is 228 g/mol. The molecule has 0 saturated heterocycles. The Kier molecular flexibility index (Phi) is 4.63. The molecule has 0 aliphatic rings. The highest BCUT2D eigenvalue weighted by molar-refractivity contribution is 7.98. The highest BCUT2D eigenvalue weighted by Gasteiger charge is 2.29. The van der Waals surface area contributed by atoms with Crippen LogP contribution in [0.25, 0.3) is 0 Å². The monoisotopic (exact) mass is 228 g/mol. The SMILES string of the molecule is CCP(=O)(CS(=O)(=O)C(C)C)OC. The van der Waals surface area contributed by atoms with Crippen molar-refractivity contribution in [2.45, 2.75) is 26.0 Å². The molecule has 0 N–H and O–H groups in total. The molecular formula is C7H17O4PS. The van der Waals surface area contributed by atoms with Crippen LogP contribution in [-0.2, 0) is 18.9 Å². The number of sulfone groups is 1. The maximum absolute atomic E-state index is 11.7. The van der Waals surface area contributed by atoms with E-state index in [-0.39, 0.29) is 11.7 Å². The largest absolute Gasteiger partial charge is 0.331 e. The molecule has 0 heterocycles. The first kappa shape index (κ1) is 13.1. The number of rotatable bonds is 5. The van der Waals surface area contributed by atoms with Gasteiger partial charge in [0.2, 0.25) is 7.37 Å². The lowest BCUT2D eigenvalue weighted by Crippen LogP contribution is -2.18. The molecule has 0 aliphatic carbocycles. The highest BCUT2D eigenvalue weighted by Crippen LogP contribution is 2.47. The molecule has 1 atom stereocenters. The summed E-state index contributed by atoms with van der Waals surface area (Å²) in [6.07, 6.45) is 0.259. The van der Waals surface area contributed by atoms with E-state index in [1.54, 1.807) is 20.8 Å². The summed E-state index contributed by atoms with van der Waals surface area (Å²) in [6.45, 7) is 4.82. The van der Waals surface area contributed by atoms with Crippen LogP contribution in [0, 0.1) is 0 Å². The molecule has 0 saturated carbocycles. The van der Waals surface area contributed by atoms with Crippen LogP contribution >= 0.6 is 7.37 Å². The molecule has 80 valence electrons. The molecule has 13 heavy (non-hydrogen) atoms. The molecule has 0 amide bonds. The lowest BCUT2D eigenvalue weighted by atomic mass is 10.6. The first-order chi connectivity index (χ1) is 5.77. The Morgan fingerprint density at radius 2 is 1.85 bits per heavy atom. The average Bonchev–Trinajstić information content (AvgIpc) is 2.03. The first-order valence-electron chi connectivity index (χ1n) is 4.13. The van der Waals surface area contributed by atoms with Crippen LogP contribution in [0.5, 0.6) is 0 Å². The maximum atomic E-state index is 11.7. The predicted molar refractivity (Wildman–Crippen MR) is 54.1 cm³/mol. The van der Waals surface area contributed by atoms with Gasteiger partial charge in [0.05, 0.1) is 5.25 Å². The van der Waals surface area contributed by atoms with E-state index in [1.807, 2.05) is 0 Å². The van der Waals surface area contributed by atoms with Crippen LogP contribution in [0.15, 0.2) is 0 Å². The smallest absolute Gasteiger partial charge is 0.217 e. The lowest BCUT2D eigenvalue weighted by molar-refractivity contribution is 0.398. The van der Waals surface area contributed by atoms with Gasteiger partial charge in [0.25, 0.3) is 0 Å². The third-order valence-corrected chi connectivity index (χ3v) is 7.99. The predicted octanol–water partition coefficient (Wildman–Crippen LogP) is 1.71. The van der Waals surface area contributed by atoms with Crippen molar-refractivity contribution in [2.75, 3.05) is 18.8 Å². The molecule has 0 spiro atoms. The fourth-order valence-corrected chi connectivity index (χ4v) is 5.49. The molecule has 0 aliphatic heterocycles. The van der Waals surface area contributed by atoms with Crippen LogP contribution in [0.2, 0.25) is 0 Å². The summed E-state index contributed by atoms with van der Waals surface area (Å²) >= 11 is 0. The molecule has 6 heteroatoms. The fraction of sp³-hybridized carbons (Fsp3) is 1.00. The highest BCUT2D eigenvalue weighted by atomic mass is 32.2. The van der Waals surface area contributed by atoms with Crippen molar-refractivity contribution in [2.24, 2.45) is 0 Å². The van der Waals surface area contributed by atoms with Gasteiger partial charge in [-0.25, -0.2) is 8.42 Å². The second-order valence-electron chi connectivity index (χ2n) is 3.15. The van der Waals surface area contributed by atoms with E-state index in [0.717, 1.165) is 0 Å². The lowest BCUT2D eigenvalue weighted by Gasteiger charge is -2.15. The molecule has 0 aromatic rings. The quantitative estimate of drug-likeness (QED) is 0.672. The van der Waals surface area contributed by atoms with E-state index in [1.165, 1.54) is 7.11 Å². The van der Waals surface area contributed by atoms with Gasteiger partial charge in [0, 0.05) is 13.3 Å². The summed E-state index contributed by atoms with van der Waals surface area (Å²) < 4.78 is 39.2. The topological polar surface area (TPSA) is 60.4 Å². The number of hydrogen-bond donors (Lipinski definition) is 0. The molecule has 4 nitrogen and oxygen atoms in total. The van der Waals surface area contributed by atoms with Gasteiger partial charge in [-0.2, -0.15) is 0 Å². The minimum absolute atomic E-state index is 0.259. The molecular weight excluding hydrogens is 211 g/mol. The van der Waals surface area contributed by atoms with Gasteiger partial charge in [-0.05, 0) is 13.8 Å². The van der Waals surface area contributed by atoms with E-state index < -0.39 is 22.5 Å². The molecule has 0 bridgehead atoms. The van der Waals surface area contributed by atoms with E-state index in [2.05, 4.69) is 0 Å². The maximum Gasteiger partial charge on any atom is 0.217 e. The van der Waals surface area contributed by atoms with E-state index in [4.69, 9.17) is 4.52 Å². The third kappa shape index (κ3) is 3.79. The van der Waals surface area contributed by atoms with E-state index in [0.29, 0.717) is 0 Å². The van der Waals surface area contributed by atoms with Crippen molar-refractivity contribution in [3.8, 4) is 0 Å². The Bertz CT molecular complexity index is 286. The van der Waals surface area contributed by atoms with Crippen molar-refractivity contribution >= 4 is 17.2 Å². The fourth-order valence-electron chi connectivity index (χ4n) is 0.696. The van der Waals surface area contributed by atoms with Crippen molar-refractivity contribution < 1.29 is 17.5 Å². The van der Waals surface area contributed by atoms with Gasteiger partial charge in [0.1, 0.15) is 5.49 Å². The summed E-state index contributed by atoms with van der Waals surface area (Å²) in [7, 11) is -4.92. The second-order valence-corrected chi connectivity index (χ2v) is 9.08.